The van der Waals surface area contributed by atoms with Crippen LogP contribution in [0.4, 0.5) is 0 Å². The fourth-order valence-electron chi connectivity index (χ4n) is 2.02. The van der Waals surface area contributed by atoms with Crippen molar-refractivity contribution in [3.63, 3.8) is 0 Å². The zero-order valence-electron chi connectivity index (χ0n) is 40.1. The number of carbonyl (C=O) groups is 2. The average Bonchev–Trinajstić information content (AvgIpc) is 3.32. The van der Waals surface area contributed by atoms with Gasteiger partial charge in [-0.3, -0.25) is 0 Å². The monoisotopic (exact) mass is 963 g/mol. The van der Waals surface area contributed by atoms with Crippen LogP contribution in [0.5, 0.6) is 0 Å². The van der Waals surface area contributed by atoms with Gasteiger partial charge in [-0.2, -0.15) is 0 Å². The molecule has 3 unspecified atom stereocenters. The highest BCUT2D eigenvalue weighted by Crippen LogP contribution is 2.10. The van der Waals surface area contributed by atoms with E-state index in [-0.39, 0.29) is 128 Å². The van der Waals surface area contributed by atoms with Crippen molar-refractivity contribution >= 4 is 11.9 Å². The Morgan fingerprint density at radius 2 is 0.908 bits per heavy atom. The summed E-state index contributed by atoms with van der Waals surface area (Å²) in [5.41, 5.74) is 0.00491. The van der Waals surface area contributed by atoms with E-state index in [0.29, 0.717) is 19.3 Å². The van der Waals surface area contributed by atoms with Crippen LogP contribution in [0.15, 0.2) is 24.3 Å². The number of aliphatic hydroxyl groups is 18. The second kappa shape index (κ2) is 73.0. The van der Waals surface area contributed by atoms with Gasteiger partial charge in [0, 0.05) is 70.8 Å². The summed E-state index contributed by atoms with van der Waals surface area (Å²) < 4.78 is 4.44. The summed E-state index contributed by atoms with van der Waals surface area (Å²) in [5.74, 6) is -1.56. The van der Waals surface area contributed by atoms with Crippen LogP contribution in [-0.4, -0.2) is 233 Å². The van der Waals surface area contributed by atoms with Crippen molar-refractivity contribution in [3.05, 3.63) is 35.4 Å². The number of benzene rings is 1. The third kappa shape index (κ3) is 101. The lowest BCUT2D eigenvalue weighted by atomic mass is 9.97. The molecule has 0 aromatic heterocycles. The number of esters is 1. The lowest BCUT2D eigenvalue weighted by Crippen LogP contribution is -2.20. The Bertz CT molecular complexity index is 938. The molecule has 1 rings (SSSR count). The minimum atomic E-state index is -1.06. The lowest BCUT2D eigenvalue weighted by molar-refractivity contribution is 0.0600. The first-order valence-electron chi connectivity index (χ1n) is 21.2. The molecule has 19 N–H and O–H groups in total. The van der Waals surface area contributed by atoms with Crippen molar-refractivity contribution in [2.75, 3.05) is 106 Å². The number of ether oxygens (including phenoxy) is 1. The van der Waals surface area contributed by atoms with Crippen LogP contribution in [0.25, 0.3) is 0 Å². The van der Waals surface area contributed by atoms with Gasteiger partial charge in [0.25, 0.3) is 0 Å². The quantitative estimate of drug-likeness (QED) is 0.0462. The van der Waals surface area contributed by atoms with Gasteiger partial charge >= 0.3 is 11.9 Å². The highest BCUT2D eigenvalue weighted by molar-refractivity contribution is 5.94. The second-order valence-electron chi connectivity index (χ2n) is 13.9. The smallest absolute Gasteiger partial charge is 0.337 e. The molecule has 22 nitrogen and oxygen atoms in total. The minimum Gasteiger partial charge on any atom is -0.478 e. The molecule has 65 heavy (non-hydrogen) atoms. The van der Waals surface area contributed by atoms with Gasteiger partial charge in [-0.15, -0.1) is 0 Å². The number of rotatable bonds is 21. The van der Waals surface area contributed by atoms with Crippen LogP contribution in [0, 0.1) is 11.3 Å². The molecule has 0 amide bonds. The number of unbranched alkanes of at least 4 members (excludes halogenated alkanes) is 3. The molecule has 0 heterocycles. The van der Waals surface area contributed by atoms with Gasteiger partial charge in [-0.25, -0.2) is 9.59 Å². The van der Waals surface area contributed by atoms with Gasteiger partial charge in [0.1, 0.15) is 0 Å². The summed E-state index contributed by atoms with van der Waals surface area (Å²) in [6.45, 7) is 11.3. The molecule has 398 valence electrons. The second-order valence-corrected chi connectivity index (χ2v) is 13.9. The van der Waals surface area contributed by atoms with Gasteiger partial charge < -0.3 is 102 Å². The third-order valence-corrected chi connectivity index (χ3v) is 6.30. The molecule has 0 spiro atoms. The number of aromatic carboxylic acids is 1. The summed E-state index contributed by atoms with van der Waals surface area (Å²) in [6, 6.07) is 5.68. The standard InChI is InChI=1S/C9H8O4.2C5H12O2.4C4H10O2.2C3H8O2.C2H6O2/c1-13-9(12)7-4-2-3-6(5-7)8(10)11;1-5(2,3-6)4-7;6-4-2-1-3-5-7;1-4(2-5)3-6;1-4(6)2-3-5;1-2-4(6)3-5;5-3-1-2-4-6;1-3(5)2-4;4-2-1-3-5;3-1-2-4/h2-5H,1H3,(H,10,11);6-7H,3-4H2,1-2H3;6-7H,1-5H2;3*4-6H,2-3H2,1H3;5-6H,1-4H2;3-5H,2H2,1H3;4-5H,1-3H2;3-4H,1-2H2. The number of methoxy groups -OCH3 is 1. The maximum atomic E-state index is 11.0. The van der Waals surface area contributed by atoms with Crippen molar-refractivity contribution in [2.24, 2.45) is 11.3 Å². The van der Waals surface area contributed by atoms with Crippen molar-refractivity contribution in [2.45, 2.75) is 111 Å². The number of aliphatic hydroxyl groups excluding tert-OH is 18. The Hall–Kier alpha value is -2.56. The van der Waals surface area contributed by atoms with E-state index in [1.807, 2.05) is 6.92 Å². The Morgan fingerprint density at radius 1 is 0.538 bits per heavy atom. The summed E-state index contributed by atoms with van der Waals surface area (Å²) in [6.07, 6.45) is 4.22. The molecular formula is C43H94O22. The Balaban J connectivity index is -0.0000000783. The largest absolute Gasteiger partial charge is 0.478 e. The van der Waals surface area contributed by atoms with E-state index in [1.165, 1.54) is 38.3 Å². The first kappa shape index (κ1) is 82.5. The van der Waals surface area contributed by atoms with Crippen molar-refractivity contribution < 1.29 is 111 Å². The van der Waals surface area contributed by atoms with E-state index in [4.69, 9.17) is 97.0 Å². The molecule has 0 saturated heterocycles. The third-order valence-electron chi connectivity index (χ3n) is 6.30. The van der Waals surface area contributed by atoms with Crippen LogP contribution in [0.1, 0.15) is 114 Å². The number of carboxylic acids is 1. The van der Waals surface area contributed by atoms with Crippen LogP contribution in [-0.2, 0) is 4.74 Å². The number of carboxylic acid groups (broad SMARTS) is 1. The van der Waals surface area contributed by atoms with E-state index in [0.717, 1.165) is 32.1 Å². The van der Waals surface area contributed by atoms with E-state index in [2.05, 4.69) is 4.74 Å². The van der Waals surface area contributed by atoms with Gasteiger partial charge in [0.05, 0.1) is 76.2 Å². The van der Waals surface area contributed by atoms with E-state index in [9.17, 15) is 9.59 Å². The number of hydrogen-bond donors (Lipinski definition) is 19. The Morgan fingerprint density at radius 3 is 1.06 bits per heavy atom. The fraction of sp³-hybridized carbons (Fsp3) is 0.814. The van der Waals surface area contributed by atoms with E-state index >= 15 is 0 Å². The molecule has 3 atom stereocenters. The predicted molar refractivity (Wildman–Crippen MR) is 246 cm³/mol. The topological polar surface area (TPSA) is 428 Å². The highest BCUT2D eigenvalue weighted by atomic mass is 16.5. The molecule has 0 aliphatic heterocycles. The van der Waals surface area contributed by atoms with Crippen LogP contribution in [0.2, 0.25) is 0 Å². The highest BCUT2D eigenvalue weighted by Gasteiger charge is 2.13. The summed E-state index contributed by atoms with van der Waals surface area (Å²) in [5, 5.41) is 154. The molecule has 0 saturated carbocycles. The maximum absolute atomic E-state index is 11.0. The molecule has 0 fully saturated rings. The van der Waals surface area contributed by atoms with Crippen molar-refractivity contribution in [1.82, 2.24) is 0 Å². The molecule has 0 bridgehead atoms. The van der Waals surface area contributed by atoms with Crippen molar-refractivity contribution in [1.29, 1.82) is 0 Å². The van der Waals surface area contributed by atoms with Gasteiger partial charge in [-0.1, -0.05) is 33.8 Å². The zero-order valence-corrected chi connectivity index (χ0v) is 40.1. The lowest BCUT2D eigenvalue weighted by Gasteiger charge is -2.16. The Kier molecular flexibility index (Phi) is 92.7. The fourth-order valence-corrected chi connectivity index (χ4v) is 2.02. The number of carbonyl (C=O) groups excluding carboxylic acids is 1. The molecule has 0 aliphatic carbocycles. The van der Waals surface area contributed by atoms with Crippen LogP contribution >= 0.6 is 0 Å². The van der Waals surface area contributed by atoms with E-state index in [1.54, 1.807) is 27.7 Å². The summed E-state index contributed by atoms with van der Waals surface area (Å²) in [7, 11) is 1.25. The first-order valence-corrected chi connectivity index (χ1v) is 21.2. The van der Waals surface area contributed by atoms with Crippen molar-refractivity contribution in [3.8, 4) is 0 Å². The van der Waals surface area contributed by atoms with E-state index < -0.39 is 24.1 Å². The molecule has 22 heteroatoms. The first-order chi connectivity index (χ1) is 30.6. The average molecular weight is 963 g/mol. The summed E-state index contributed by atoms with van der Waals surface area (Å²) in [4.78, 5) is 21.5. The van der Waals surface area contributed by atoms with Crippen LogP contribution < -0.4 is 0 Å². The number of hydrogen-bond acceptors (Lipinski definition) is 21. The van der Waals surface area contributed by atoms with Gasteiger partial charge in [-0.05, 0) is 83.4 Å². The van der Waals surface area contributed by atoms with Crippen LogP contribution in [0.3, 0.4) is 0 Å². The minimum absolute atomic E-state index is 0.0451. The predicted octanol–water partition coefficient (Wildman–Crippen LogP) is -2.14. The molecule has 0 radical (unpaired) electrons. The molecule has 1 aromatic carbocycles. The molecular weight excluding hydrogens is 868 g/mol. The summed E-state index contributed by atoms with van der Waals surface area (Å²) >= 11 is 0. The van der Waals surface area contributed by atoms with Gasteiger partial charge in [0.2, 0.25) is 0 Å². The zero-order chi connectivity index (χ0) is 52.9. The maximum Gasteiger partial charge on any atom is 0.337 e. The molecule has 0 aliphatic rings. The normalized spacial score (nSPS) is 10.9. The molecule has 1 aromatic rings. The Labute approximate surface area is 387 Å². The SMILES string of the molecule is CC(C)(CO)CO.CC(CO)CO.CC(O)CCO.CC(O)CO.CCC(O)CO.COC(=O)c1cccc(C(=O)O)c1.OCCCCCO.OCCCCO.OCCCO.OCCO. The van der Waals surface area contributed by atoms with Gasteiger partial charge in [0.15, 0.2) is 0 Å².